The van der Waals surface area contributed by atoms with Gasteiger partial charge in [-0.15, -0.1) is 0 Å². The molecule has 9 nitrogen and oxygen atoms in total. The summed E-state index contributed by atoms with van der Waals surface area (Å²) in [6.45, 7) is 5.60. The van der Waals surface area contributed by atoms with Crippen molar-refractivity contribution < 1.29 is 9.59 Å². The number of nitrogens with one attached hydrogen (secondary N) is 1. The highest BCUT2D eigenvalue weighted by molar-refractivity contribution is 5.93. The van der Waals surface area contributed by atoms with Crippen molar-refractivity contribution in [2.24, 2.45) is 0 Å². The van der Waals surface area contributed by atoms with E-state index < -0.39 is 0 Å². The zero-order valence-corrected chi connectivity index (χ0v) is 21.8. The fraction of sp³-hybridized carbons (Fsp3) is 0.414. The maximum atomic E-state index is 13.3. The van der Waals surface area contributed by atoms with Gasteiger partial charge in [0.25, 0.3) is 5.91 Å². The Kier molecular flexibility index (Phi) is 6.66. The lowest BCUT2D eigenvalue weighted by Crippen LogP contribution is -2.49. The Morgan fingerprint density at radius 3 is 2.71 bits per heavy atom. The molecule has 0 saturated carbocycles. The summed E-state index contributed by atoms with van der Waals surface area (Å²) in [5, 5.41) is 3.13. The zero-order valence-electron chi connectivity index (χ0n) is 21.8. The van der Waals surface area contributed by atoms with Gasteiger partial charge in [-0.2, -0.15) is 0 Å². The van der Waals surface area contributed by atoms with Crippen LogP contribution in [-0.4, -0.2) is 68.9 Å². The van der Waals surface area contributed by atoms with E-state index in [1.165, 1.54) is 17.5 Å². The maximum Gasteiger partial charge on any atom is 0.322 e. The van der Waals surface area contributed by atoms with Gasteiger partial charge < -0.3 is 20.0 Å². The molecule has 0 atom stereocenters. The second-order valence-electron chi connectivity index (χ2n) is 10.3. The van der Waals surface area contributed by atoms with E-state index in [1.54, 1.807) is 6.20 Å². The number of pyridine rings is 1. The van der Waals surface area contributed by atoms with Crippen LogP contribution in [0.3, 0.4) is 0 Å². The first-order chi connectivity index (χ1) is 18.6. The Labute approximate surface area is 222 Å². The summed E-state index contributed by atoms with van der Waals surface area (Å²) >= 11 is 0. The number of hydrogen-bond donors (Lipinski definition) is 1. The third-order valence-electron chi connectivity index (χ3n) is 8.05. The summed E-state index contributed by atoms with van der Waals surface area (Å²) < 4.78 is 0. The van der Waals surface area contributed by atoms with Gasteiger partial charge >= 0.3 is 6.03 Å². The molecular weight excluding hydrogens is 478 g/mol. The number of piperidine rings is 1. The molecule has 1 fully saturated rings. The van der Waals surface area contributed by atoms with Crippen molar-refractivity contribution in [1.29, 1.82) is 0 Å². The van der Waals surface area contributed by atoms with Crippen molar-refractivity contribution in [2.75, 3.05) is 36.4 Å². The second-order valence-corrected chi connectivity index (χ2v) is 10.3. The van der Waals surface area contributed by atoms with Crippen LogP contribution in [0.2, 0.25) is 0 Å². The van der Waals surface area contributed by atoms with Gasteiger partial charge in [-0.05, 0) is 54.5 Å². The van der Waals surface area contributed by atoms with Crippen LogP contribution in [0.1, 0.15) is 52.6 Å². The van der Waals surface area contributed by atoms with Crippen LogP contribution >= 0.6 is 0 Å². The van der Waals surface area contributed by atoms with Gasteiger partial charge in [0.1, 0.15) is 17.8 Å². The van der Waals surface area contributed by atoms with Crippen LogP contribution in [0.15, 0.2) is 48.9 Å². The van der Waals surface area contributed by atoms with Gasteiger partial charge in [0.15, 0.2) is 0 Å². The molecule has 6 rings (SSSR count). The van der Waals surface area contributed by atoms with Crippen molar-refractivity contribution in [3.8, 4) is 0 Å². The molecule has 5 heterocycles. The van der Waals surface area contributed by atoms with Gasteiger partial charge in [-0.25, -0.2) is 14.8 Å². The second kappa shape index (κ2) is 10.4. The van der Waals surface area contributed by atoms with E-state index >= 15 is 0 Å². The molecule has 0 aliphatic carbocycles. The lowest BCUT2D eigenvalue weighted by atomic mass is 10.0. The number of amides is 3. The summed E-state index contributed by atoms with van der Waals surface area (Å²) in [4.78, 5) is 45.6. The van der Waals surface area contributed by atoms with Crippen LogP contribution < -0.4 is 10.2 Å². The van der Waals surface area contributed by atoms with E-state index in [9.17, 15) is 9.59 Å². The Balaban J connectivity index is 1.09. The first kappa shape index (κ1) is 24.3. The third kappa shape index (κ3) is 4.80. The summed E-state index contributed by atoms with van der Waals surface area (Å²) in [7, 11) is 0. The van der Waals surface area contributed by atoms with E-state index in [4.69, 9.17) is 0 Å². The SMILES string of the molecule is CCc1ccc2c(c1)CCN(C1CCN(c3cc(C(=O)N4CCc5ncccc5C4)ncn3)CC1)C(=O)N2. The Morgan fingerprint density at radius 2 is 1.87 bits per heavy atom. The van der Waals surface area contributed by atoms with Crippen LogP contribution in [-0.2, 0) is 25.8 Å². The normalized spacial score (nSPS) is 17.9. The minimum absolute atomic E-state index is 0.0142. The minimum Gasteiger partial charge on any atom is -0.356 e. The summed E-state index contributed by atoms with van der Waals surface area (Å²) in [5.74, 6) is 0.686. The average molecular weight is 512 g/mol. The fourth-order valence-electron chi connectivity index (χ4n) is 5.82. The number of aromatic nitrogens is 3. The molecule has 2 aromatic heterocycles. The number of rotatable bonds is 4. The standard InChI is InChI=1S/C29H33N7O2/c1-2-20-5-6-25-21(16-20)7-15-36(29(38)33-25)23-8-12-34(13-9-23)27-17-26(31-19-32-27)28(37)35-14-10-24-22(18-35)4-3-11-30-24/h3-6,11,16-17,19,23H,2,7-10,12-15,18H2,1H3,(H,33,38). The Morgan fingerprint density at radius 1 is 1.00 bits per heavy atom. The molecule has 1 aromatic carbocycles. The highest BCUT2D eigenvalue weighted by atomic mass is 16.2. The molecule has 1 saturated heterocycles. The van der Waals surface area contributed by atoms with Gasteiger partial charge in [-0.1, -0.05) is 25.1 Å². The quantitative estimate of drug-likeness (QED) is 0.574. The fourth-order valence-corrected chi connectivity index (χ4v) is 5.82. The molecule has 3 aliphatic heterocycles. The highest BCUT2D eigenvalue weighted by Crippen LogP contribution is 2.27. The number of carbonyl (C=O) groups excluding carboxylic acids is 2. The van der Waals surface area contributed by atoms with Crippen LogP contribution in [0.4, 0.5) is 16.3 Å². The molecule has 1 N–H and O–H groups in total. The van der Waals surface area contributed by atoms with E-state index in [0.717, 1.165) is 74.5 Å². The van der Waals surface area contributed by atoms with E-state index in [0.29, 0.717) is 18.8 Å². The number of urea groups is 1. The number of aryl methyl sites for hydroxylation is 1. The lowest BCUT2D eigenvalue weighted by molar-refractivity contribution is 0.0727. The predicted molar refractivity (Wildman–Crippen MR) is 145 cm³/mol. The van der Waals surface area contributed by atoms with Crippen molar-refractivity contribution >= 4 is 23.4 Å². The number of anilines is 2. The van der Waals surface area contributed by atoms with Crippen molar-refractivity contribution in [3.05, 3.63) is 77.0 Å². The largest absolute Gasteiger partial charge is 0.356 e. The van der Waals surface area contributed by atoms with E-state index in [1.807, 2.05) is 34.1 Å². The third-order valence-corrected chi connectivity index (χ3v) is 8.05. The molecule has 0 unspecified atom stereocenters. The number of benzene rings is 1. The van der Waals surface area contributed by atoms with Crippen LogP contribution in [0, 0.1) is 0 Å². The Bertz CT molecular complexity index is 1350. The van der Waals surface area contributed by atoms with Gasteiger partial charge in [0.2, 0.25) is 0 Å². The number of carbonyl (C=O) groups is 2. The molecule has 3 aliphatic rings. The first-order valence-electron chi connectivity index (χ1n) is 13.6. The summed E-state index contributed by atoms with van der Waals surface area (Å²) in [6.07, 6.45) is 7.59. The first-order valence-corrected chi connectivity index (χ1v) is 13.6. The smallest absolute Gasteiger partial charge is 0.322 e. The zero-order chi connectivity index (χ0) is 26.1. The molecule has 0 radical (unpaired) electrons. The monoisotopic (exact) mass is 511 g/mol. The summed E-state index contributed by atoms with van der Waals surface area (Å²) in [5.41, 5.74) is 6.01. The van der Waals surface area contributed by atoms with Gasteiger partial charge in [-0.3, -0.25) is 9.78 Å². The minimum atomic E-state index is -0.0786. The lowest BCUT2D eigenvalue weighted by Gasteiger charge is -2.38. The number of hydrogen-bond acceptors (Lipinski definition) is 6. The molecular formula is C29H33N7O2. The topological polar surface area (TPSA) is 94.6 Å². The molecule has 0 spiro atoms. The van der Waals surface area contributed by atoms with Crippen LogP contribution in [0.5, 0.6) is 0 Å². The van der Waals surface area contributed by atoms with Crippen molar-refractivity contribution in [2.45, 2.75) is 51.6 Å². The van der Waals surface area contributed by atoms with Crippen LogP contribution in [0.25, 0.3) is 0 Å². The van der Waals surface area contributed by atoms with E-state index in [-0.39, 0.29) is 18.0 Å². The maximum absolute atomic E-state index is 13.3. The number of fused-ring (bicyclic) bond motifs is 2. The number of nitrogens with zero attached hydrogens (tertiary/aromatic N) is 6. The molecule has 9 heteroatoms. The summed E-state index contributed by atoms with van der Waals surface area (Å²) in [6, 6.07) is 12.3. The Hall–Kier alpha value is -4.01. The molecule has 3 amide bonds. The molecule has 38 heavy (non-hydrogen) atoms. The average Bonchev–Trinajstić information content (AvgIpc) is 3.14. The molecule has 3 aromatic rings. The molecule has 0 bridgehead atoms. The van der Waals surface area contributed by atoms with Crippen molar-refractivity contribution in [3.63, 3.8) is 0 Å². The van der Waals surface area contributed by atoms with E-state index in [2.05, 4.69) is 44.2 Å². The molecule has 196 valence electrons. The predicted octanol–water partition coefficient (Wildman–Crippen LogP) is 3.69. The van der Waals surface area contributed by atoms with Crippen molar-refractivity contribution in [1.82, 2.24) is 24.8 Å². The van der Waals surface area contributed by atoms with Gasteiger partial charge in [0, 0.05) is 68.8 Å². The highest BCUT2D eigenvalue weighted by Gasteiger charge is 2.31. The van der Waals surface area contributed by atoms with Gasteiger partial charge in [0.05, 0.1) is 0 Å².